The molecule has 0 unspecified atom stereocenters. The fourth-order valence-corrected chi connectivity index (χ4v) is 5.99. The van der Waals surface area contributed by atoms with E-state index in [0.29, 0.717) is 25.8 Å². The first kappa shape index (κ1) is 33.5. The zero-order valence-corrected chi connectivity index (χ0v) is 26.1. The summed E-state index contributed by atoms with van der Waals surface area (Å²) in [4.78, 5) is 80.7. The lowest BCUT2D eigenvalue weighted by Crippen LogP contribution is -2.59. The number of ketones is 1. The first-order chi connectivity index (χ1) is 19.8. The highest BCUT2D eigenvalue weighted by Crippen LogP contribution is 2.30. The Balaban J connectivity index is 1.80. The number of amides is 5. The zero-order chi connectivity index (χ0) is 31.0. The molecule has 1 saturated heterocycles. The lowest BCUT2D eigenvalue weighted by atomic mass is 9.89. The topological polar surface area (TPSA) is 154 Å². The number of Topliss-reactive ketones (excluding diaryl/α,β-unsaturated/α-hetero) is 1. The third kappa shape index (κ3) is 8.77. The number of rotatable bonds is 13. The van der Waals surface area contributed by atoms with Crippen LogP contribution in [-0.2, 0) is 28.8 Å². The minimum absolute atomic E-state index is 0.0112. The van der Waals surface area contributed by atoms with Gasteiger partial charge in [-0.05, 0) is 63.7 Å². The number of likely N-dealkylation sites (N-methyl/N-ethyl adjacent to an activating group) is 1. The number of hydrogen-bond donors (Lipinski definition) is 4. The van der Waals surface area contributed by atoms with E-state index < -0.39 is 47.1 Å². The summed E-state index contributed by atoms with van der Waals surface area (Å²) >= 11 is 0. The zero-order valence-electron chi connectivity index (χ0n) is 26.1. The number of hydrogen-bond acceptors (Lipinski definition) is 6. The lowest BCUT2D eigenvalue weighted by molar-refractivity contribution is -0.146. The lowest BCUT2D eigenvalue weighted by Gasteiger charge is -2.35. The second-order valence-electron chi connectivity index (χ2n) is 13.4. The van der Waals surface area contributed by atoms with E-state index in [9.17, 15) is 28.8 Å². The van der Waals surface area contributed by atoms with Gasteiger partial charge in [-0.15, -0.1) is 0 Å². The molecule has 236 valence electrons. The van der Waals surface area contributed by atoms with E-state index in [4.69, 9.17) is 0 Å². The maximum atomic E-state index is 13.9. The van der Waals surface area contributed by atoms with Gasteiger partial charge >= 0.3 is 0 Å². The van der Waals surface area contributed by atoms with Crippen LogP contribution in [0.25, 0.3) is 0 Å². The highest BCUT2D eigenvalue weighted by Gasteiger charge is 2.40. The standard InChI is InChI=1S/C31H51N5O6/c1-6-11-23(36(5)29(41)24(19-12-7-8-13-19)35-30(42)31(2,3)4)27(39)34-22(18-20-14-10-17-32-26(20)38)25(37)28(40)33-21-15-9-16-21/h19-24H,6-18H2,1-5H3,(H,32,38)(H,33,40)(H,34,39)(H,35,42)/t20-,22-,23-,24+/m0/s1. The van der Waals surface area contributed by atoms with Crippen LogP contribution in [0, 0.1) is 17.3 Å². The summed E-state index contributed by atoms with van der Waals surface area (Å²) in [5.41, 5.74) is -0.686. The smallest absolute Gasteiger partial charge is 0.289 e. The fraction of sp³-hybridized carbons (Fsp3) is 0.806. The molecule has 0 aromatic rings. The second-order valence-corrected chi connectivity index (χ2v) is 13.4. The average molecular weight is 590 g/mol. The average Bonchev–Trinajstić information content (AvgIpc) is 3.45. The van der Waals surface area contributed by atoms with Gasteiger partial charge in [0.05, 0.1) is 6.04 Å². The predicted octanol–water partition coefficient (Wildman–Crippen LogP) is 1.97. The Hall–Kier alpha value is -2.98. The molecule has 0 bridgehead atoms. The number of piperidine rings is 1. The first-order valence-corrected chi connectivity index (χ1v) is 15.8. The molecule has 11 heteroatoms. The molecular weight excluding hydrogens is 538 g/mol. The van der Waals surface area contributed by atoms with Crippen LogP contribution in [0.4, 0.5) is 0 Å². The SMILES string of the molecule is CCC[C@@H](C(=O)N[C@@H](C[C@@H]1CCCNC1=O)C(=O)C(=O)NC1CCC1)N(C)C(=O)[C@H](NC(=O)C(C)(C)C)C1CCCC1. The molecule has 1 heterocycles. The van der Waals surface area contributed by atoms with E-state index >= 15 is 0 Å². The van der Waals surface area contributed by atoms with Crippen LogP contribution in [0.15, 0.2) is 0 Å². The van der Waals surface area contributed by atoms with Crippen molar-refractivity contribution < 1.29 is 28.8 Å². The largest absolute Gasteiger partial charge is 0.356 e. The number of carbonyl (C=O) groups excluding carboxylic acids is 6. The van der Waals surface area contributed by atoms with Crippen molar-refractivity contribution >= 4 is 35.3 Å². The van der Waals surface area contributed by atoms with Gasteiger partial charge < -0.3 is 26.2 Å². The predicted molar refractivity (Wildman–Crippen MR) is 158 cm³/mol. The molecule has 1 aliphatic heterocycles. The van der Waals surface area contributed by atoms with Gasteiger partial charge in [0.25, 0.3) is 5.91 Å². The third-order valence-electron chi connectivity index (χ3n) is 9.00. The van der Waals surface area contributed by atoms with E-state index in [1.54, 1.807) is 27.8 Å². The number of carbonyl (C=O) groups is 6. The van der Waals surface area contributed by atoms with Gasteiger partial charge in [-0.1, -0.05) is 47.0 Å². The third-order valence-corrected chi connectivity index (χ3v) is 9.00. The Morgan fingerprint density at radius 2 is 1.62 bits per heavy atom. The summed E-state index contributed by atoms with van der Waals surface area (Å²) in [7, 11) is 1.56. The molecular formula is C31H51N5O6. The van der Waals surface area contributed by atoms with Crippen LogP contribution in [-0.4, -0.2) is 78.0 Å². The monoisotopic (exact) mass is 589 g/mol. The van der Waals surface area contributed by atoms with Crippen molar-refractivity contribution in [1.82, 2.24) is 26.2 Å². The van der Waals surface area contributed by atoms with Crippen molar-refractivity contribution in [2.24, 2.45) is 17.3 Å². The van der Waals surface area contributed by atoms with E-state index in [-0.39, 0.29) is 36.1 Å². The Morgan fingerprint density at radius 3 is 2.17 bits per heavy atom. The summed E-state index contributed by atoms with van der Waals surface area (Å²) in [5, 5.41) is 11.3. The van der Waals surface area contributed by atoms with Crippen LogP contribution in [0.2, 0.25) is 0 Å². The fourth-order valence-electron chi connectivity index (χ4n) is 5.99. The van der Waals surface area contributed by atoms with Crippen molar-refractivity contribution in [2.75, 3.05) is 13.6 Å². The summed E-state index contributed by atoms with van der Waals surface area (Å²) in [5.74, 6) is -3.39. The maximum Gasteiger partial charge on any atom is 0.289 e. The van der Waals surface area contributed by atoms with Crippen molar-refractivity contribution in [3.05, 3.63) is 0 Å². The molecule has 4 N–H and O–H groups in total. The van der Waals surface area contributed by atoms with E-state index in [1.165, 1.54) is 4.90 Å². The Labute approximate surface area is 250 Å². The van der Waals surface area contributed by atoms with E-state index in [1.807, 2.05) is 6.92 Å². The molecule has 3 fully saturated rings. The summed E-state index contributed by atoms with van der Waals surface area (Å²) < 4.78 is 0. The van der Waals surface area contributed by atoms with Gasteiger partial charge in [0, 0.05) is 31.0 Å². The van der Waals surface area contributed by atoms with Crippen LogP contribution in [0.5, 0.6) is 0 Å². The maximum absolute atomic E-state index is 13.9. The molecule has 4 atom stereocenters. The highest BCUT2D eigenvalue weighted by molar-refractivity contribution is 6.38. The number of nitrogens with one attached hydrogen (secondary N) is 4. The molecule has 3 rings (SSSR count). The van der Waals surface area contributed by atoms with Crippen LogP contribution >= 0.6 is 0 Å². The molecule has 42 heavy (non-hydrogen) atoms. The quantitative estimate of drug-likeness (QED) is 0.241. The summed E-state index contributed by atoms with van der Waals surface area (Å²) in [6, 6.07) is -2.92. The van der Waals surface area contributed by atoms with Gasteiger partial charge in [0.2, 0.25) is 29.4 Å². The van der Waals surface area contributed by atoms with Gasteiger partial charge in [-0.2, -0.15) is 0 Å². The molecule has 11 nitrogen and oxygen atoms in total. The molecule has 3 aliphatic rings. The molecule has 5 amide bonds. The minimum atomic E-state index is -1.19. The highest BCUT2D eigenvalue weighted by atomic mass is 16.2. The molecule has 0 aromatic carbocycles. The molecule has 0 aromatic heterocycles. The Kier molecular flexibility index (Phi) is 11.9. The second kappa shape index (κ2) is 15.0. The molecule has 0 spiro atoms. The van der Waals surface area contributed by atoms with Gasteiger partial charge in [0.1, 0.15) is 12.1 Å². The van der Waals surface area contributed by atoms with E-state index in [2.05, 4.69) is 21.3 Å². The molecule has 2 aliphatic carbocycles. The summed E-state index contributed by atoms with van der Waals surface area (Å²) in [6.45, 7) is 7.83. The van der Waals surface area contributed by atoms with E-state index in [0.717, 1.165) is 51.4 Å². The van der Waals surface area contributed by atoms with Gasteiger partial charge in [0.15, 0.2) is 0 Å². The number of nitrogens with zero attached hydrogens (tertiary/aromatic N) is 1. The first-order valence-electron chi connectivity index (χ1n) is 15.8. The van der Waals surface area contributed by atoms with Crippen LogP contribution < -0.4 is 21.3 Å². The Bertz CT molecular complexity index is 1010. The Morgan fingerprint density at radius 1 is 0.952 bits per heavy atom. The van der Waals surface area contributed by atoms with Gasteiger partial charge in [-0.3, -0.25) is 28.8 Å². The van der Waals surface area contributed by atoms with Crippen LogP contribution in [0.1, 0.15) is 105 Å². The summed E-state index contributed by atoms with van der Waals surface area (Å²) in [6.07, 6.45) is 8.42. The van der Waals surface area contributed by atoms with Gasteiger partial charge in [-0.25, -0.2) is 0 Å². The molecule has 2 saturated carbocycles. The van der Waals surface area contributed by atoms with Crippen LogP contribution in [0.3, 0.4) is 0 Å². The van der Waals surface area contributed by atoms with Crippen molar-refractivity contribution in [2.45, 2.75) is 129 Å². The van der Waals surface area contributed by atoms with Crippen molar-refractivity contribution in [3.63, 3.8) is 0 Å². The normalized spacial score (nSPS) is 21.7. The molecule has 0 radical (unpaired) electrons. The van der Waals surface area contributed by atoms with Crippen molar-refractivity contribution in [3.8, 4) is 0 Å². The van der Waals surface area contributed by atoms with Crippen molar-refractivity contribution in [1.29, 1.82) is 0 Å². The minimum Gasteiger partial charge on any atom is -0.356 e.